The van der Waals surface area contributed by atoms with Crippen LogP contribution in [-0.4, -0.2) is 49.7 Å². The second-order valence-corrected chi connectivity index (χ2v) is 4.79. The Morgan fingerprint density at radius 3 is 2.55 bits per heavy atom. The lowest BCUT2D eigenvalue weighted by atomic mass is 10.2. The number of benzene rings is 1. The Bertz CT molecular complexity index is 474. The van der Waals surface area contributed by atoms with Gasteiger partial charge in [-0.25, -0.2) is 4.79 Å². The molecule has 110 valence electrons. The molecule has 0 saturated carbocycles. The lowest BCUT2D eigenvalue weighted by Gasteiger charge is -2.19. The van der Waals surface area contributed by atoms with E-state index in [9.17, 15) is 9.59 Å². The van der Waals surface area contributed by atoms with E-state index in [-0.39, 0.29) is 12.5 Å². The Hall–Kier alpha value is -2.24. The molecular weight excluding hydrogens is 258 g/mol. The van der Waals surface area contributed by atoms with E-state index in [2.05, 4.69) is 5.32 Å². The van der Waals surface area contributed by atoms with Gasteiger partial charge in [-0.15, -0.1) is 0 Å². The number of carbonyl (C=O) groups is 2. The lowest BCUT2D eigenvalue weighted by Crippen LogP contribution is -2.32. The van der Waals surface area contributed by atoms with E-state index in [1.54, 1.807) is 7.05 Å². The van der Waals surface area contributed by atoms with Crippen LogP contribution in [-0.2, 0) is 4.79 Å². The fourth-order valence-corrected chi connectivity index (χ4v) is 1.65. The zero-order chi connectivity index (χ0) is 15.1. The Kier molecular flexibility index (Phi) is 5.83. The molecule has 1 aromatic carbocycles. The largest absolute Gasteiger partial charge is 0.481 e. The van der Waals surface area contributed by atoms with E-state index < -0.39 is 5.97 Å². The summed E-state index contributed by atoms with van der Waals surface area (Å²) in [6.07, 6.45) is 0.505. The van der Waals surface area contributed by atoms with E-state index in [4.69, 9.17) is 5.11 Å². The molecule has 0 aliphatic heterocycles. The molecule has 2 amide bonds. The average Bonchev–Trinajstić information content (AvgIpc) is 2.38. The molecule has 6 nitrogen and oxygen atoms in total. The maximum absolute atomic E-state index is 11.9. The molecule has 0 bridgehead atoms. The van der Waals surface area contributed by atoms with Gasteiger partial charge in [0, 0.05) is 45.5 Å². The number of hydrogen-bond donors (Lipinski definition) is 2. The summed E-state index contributed by atoms with van der Waals surface area (Å²) in [5.41, 5.74) is 1.71. The number of urea groups is 1. The van der Waals surface area contributed by atoms with Gasteiger partial charge in [0.1, 0.15) is 0 Å². The molecule has 0 saturated heterocycles. The molecular formula is C14H21N3O3. The Morgan fingerprint density at radius 2 is 1.95 bits per heavy atom. The van der Waals surface area contributed by atoms with Crippen molar-refractivity contribution in [2.24, 2.45) is 0 Å². The fourth-order valence-electron chi connectivity index (χ4n) is 1.65. The zero-order valence-electron chi connectivity index (χ0n) is 12.1. The van der Waals surface area contributed by atoms with Crippen LogP contribution in [0.15, 0.2) is 24.3 Å². The van der Waals surface area contributed by atoms with Gasteiger partial charge in [0.05, 0.1) is 0 Å². The summed E-state index contributed by atoms with van der Waals surface area (Å²) >= 11 is 0. The summed E-state index contributed by atoms with van der Waals surface area (Å²) in [5, 5.41) is 11.3. The van der Waals surface area contributed by atoms with Crippen LogP contribution < -0.4 is 10.2 Å². The standard InChI is InChI=1S/C14H21N3O3/c1-16(2)12-7-4-6-11(10-12)15-14(20)17(3)9-5-8-13(18)19/h4,6-7,10H,5,8-9H2,1-3H3,(H,15,20)(H,18,19). The third kappa shape index (κ3) is 5.17. The number of hydrogen-bond acceptors (Lipinski definition) is 3. The van der Waals surface area contributed by atoms with Crippen LogP contribution in [0.2, 0.25) is 0 Å². The highest BCUT2D eigenvalue weighted by Crippen LogP contribution is 2.17. The van der Waals surface area contributed by atoms with Crippen molar-refractivity contribution in [1.29, 1.82) is 0 Å². The van der Waals surface area contributed by atoms with Crippen molar-refractivity contribution in [1.82, 2.24) is 4.90 Å². The monoisotopic (exact) mass is 279 g/mol. The highest BCUT2D eigenvalue weighted by atomic mass is 16.4. The van der Waals surface area contributed by atoms with E-state index >= 15 is 0 Å². The summed E-state index contributed by atoms with van der Waals surface area (Å²) in [7, 11) is 5.50. The predicted octanol–water partition coefficient (Wildman–Crippen LogP) is 2.08. The number of amides is 2. The molecule has 0 radical (unpaired) electrons. The molecule has 2 N–H and O–H groups in total. The fraction of sp³-hybridized carbons (Fsp3) is 0.429. The first-order chi connectivity index (χ1) is 9.40. The van der Waals surface area contributed by atoms with Crippen molar-refractivity contribution < 1.29 is 14.7 Å². The molecule has 0 fully saturated rings. The molecule has 0 aliphatic rings. The molecule has 0 heterocycles. The van der Waals surface area contributed by atoms with Crippen molar-refractivity contribution in [2.45, 2.75) is 12.8 Å². The summed E-state index contributed by atoms with van der Waals surface area (Å²) in [6, 6.07) is 7.27. The zero-order valence-corrected chi connectivity index (χ0v) is 12.1. The molecule has 0 atom stereocenters. The third-order valence-corrected chi connectivity index (χ3v) is 2.84. The van der Waals surface area contributed by atoms with Crippen LogP contribution in [0.5, 0.6) is 0 Å². The summed E-state index contributed by atoms with van der Waals surface area (Å²) in [6.45, 7) is 0.408. The number of nitrogens with one attached hydrogen (secondary N) is 1. The highest BCUT2D eigenvalue weighted by molar-refractivity contribution is 5.89. The Morgan fingerprint density at radius 1 is 1.25 bits per heavy atom. The molecule has 6 heteroatoms. The highest BCUT2D eigenvalue weighted by Gasteiger charge is 2.09. The number of carbonyl (C=O) groups excluding carboxylic acids is 1. The topological polar surface area (TPSA) is 72.9 Å². The minimum absolute atomic E-state index is 0.0632. The number of aliphatic carboxylic acids is 1. The SMILES string of the molecule is CN(CCCC(=O)O)C(=O)Nc1cccc(N(C)C)c1. The maximum atomic E-state index is 11.9. The first kappa shape index (κ1) is 15.8. The number of carboxylic acid groups (broad SMARTS) is 1. The number of rotatable bonds is 6. The van der Waals surface area contributed by atoms with Gasteiger partial charge < -0.3 is 20.2 Å². The van der Waals surface area contributed by atoms with Crippen molar-refractivity contribution in [3.8, 4) is 0 Å². The Labute approximate surface area is 119 Å². The first-order valence-electron chi connectivity index (χ1n) is 6.41. The molecule has 0 aromatic heterocycles. The van der Waals surface area contributed by atoms with Crippen molar-refractivity contribution >= 4 is 23.4 Å². The van der Waals surface area contributed by atoms with Gasteiger partial charge in [0.2, 0.25) is 0 Å². The number of nitrogens with zero attached hydrogens (tertiary/aromatic N) is 2. The summed E-state index contributed by atoms with van der Waals surface area (Å²) in [5.74, 6) is -0.850. The van der Waals surface area contributed by atoms with Gasteiger partial charge in [-0.05, 0) is 24.6 Å². The van der Waals surface area contributed by atoms with Crippen LogP contribution >= 0.6 is 0 Å². The van der Waals surface area contributed by atoms with E-state index in [1.807, 2.05) is 43.3 Å². The van der Waals surface area contributed by atoms with Gasteiger partial charge >= 0.3 is 12.0 Å². The van der Waals surface area contributed by atoms with Crippen molar-refractivity contribution in [3.05, 3.63) is 24.3 Å². The van der Waals surface area contributed by atoms with E-state index in [0.29, 0.717) is 18.7 Å². The first-order valence-corrected chi connectivity index (χ1v) is 6.41. The van der Waals surface area contributed by atoms with Crippen molar-refractivity contribution in [2.75, 3.05) is 37.9 Å². The van der Waals surface area contributed by atoms with Gasteiger partial charge in [-0.1, -0.05) is 6.07 Å². The van der Waals surface area contributed by atoms with E-state index in [1.165, 1.54) is 4.90 Å². The third-order valence-electron chi connectivity index (χ3n) is 2.84. The minimum Gasteiger partial charge on any atom is -0.481 e. The van der Waals surface area contributed by atoms with E-state index in [0.717, 1.165) is 5.69 Å². The van der Waals surface area contributed by atoms with Gasteiger partial charge in [0.25, 0.3) is 0 Å². The Balaban J connectivity index is 2.52. The second-order valence-electron chi connectivity index (χ2n) is 4.79. The van der Waals surface area contributed by atoms with Crippen LogP contribution in [0.3, 0.4) is 0 Å². The molecule has 0 spiro atoms. The average molecular weight is 279 g/mol. The van der Waals surface area contributed by atoms with Gasteiger partial charge in [0.15, 0.2) is 0 Å². The normalized spacial score (nSPS) is 9.95. The quantitative estimate of drug-likeness (QED) is 0.836. The lowest BCUT2D eigenvalue weighted by molar-refractivity contribution is -0.137. The predicted molar refractivity (Wildman–Crippen MR) is 79.3 cm³/mol. The summed E-state index contributed by atoms with van der Waals surface area (Å²) < 4.78 is 0. The summed E-state index contributed by atoms with van der Waals surface area (Å²) in [4.78, 5) is 25.8. The molecule has 0 aliphatic carbocycles. The van der Waals surface area contributed by atoms with Crippen LogP contribution in [0, 0.1) is 0 Å². The maximum Gasteiger partial charge on any atom is 0.321 e. The van der Waals surface area contributed by atoms with Crippen LogP contribution in [0.25, 0.3) is 0 Å². The van der Waals surface area contributed by atoms with Crippen LogP contribution in [0.1, 0.15) is 12.8 Å². The smallest absolute Gasteiger partial charge is 0.321 e. The molecule has 1 rings (SSSR count). The number of anilines is 2. The van der Waals surface area contributed by atoms with Crippen LogP contribution in [0.4, 0.5) is 16.2 Å². The second kappa shape index (κ2) is 7.37. The molecule has 20 heavy (non-hydrogen) atoms. The van der Waals surface area contributed by atoms with Crippen molar-refractivity contribution in [3.63, 3.8) is 0 Å². The minimum atomic E-state index is -0.850. The van der Waals surface area contributed by atoms with Gasteiger partial charge in [-0.2, -0.15) is 0 Å². The number of carboxylic acids is 1. The van der Waals surface area contributed by atoms with Gasteiger partial charge in [-0.3, -0.25) is 4.79 Å². The molecule has 1 aromatic rings. The molecule has 0 unspecified atom stereocenters.